The zero-order chi connectivity index (χ0) is 8.74. The SMILES string of the molecule is O=P(O)(O)OCCCCCS. The highest BCUT2D eigenvalue weighted by atomic mass is 32.1. The van der Waals surface area contributed by atoms with Crippen LogP contribution in [0.4, 0.5) is 0 Å². The highest BCUT2D eigenvalue weighted by Gasteiger charge is 2.11. The highest BCUT2D eigenvalue weighted by molar-refractivity contribution is 7.80. The number of unbranched alkanes of at least 4 members (excludes halogenated alkanes) is 2. The zero-order valence-electron chi connectivity index (χ0n) is 6.14. The highest BCUT2D eigenvalue weighted by Crippen LogP contribution is 2.35. The Kier molecular flexibility index (Phi) is 6.28. The predicted molar refractivity (Wildman–Crippen MR) is 45.7 cm³/mol. The van der Waals surface area contributed by atoms with Crippen molar-refractivity contribution in [1.82, 2.24) is 0 Å². The van der Waals surface area contributed by atoms with Crippen LogP contribution in [0.25, 0.3) is 0 Å². The fraction of sp³-hybridized carbons (Fsp3) is 1.00. The molecule has 0 atom stereocenters. The molecule has 0 aliphatic heterocycles. The van der Waals surface area contributed by atoms with Gasteiger partial charge in [-0.3, -0.25) is 4.52 Å². The van der Waals surface area contributed by atoms with E-state index in [2.05, 4.69) is 17.2 Å². The van der Waals surface area contributed by atoms with Gasteiger partial charge in [0.1, 0.15) is 0 Å². The summed E-state index contributed by atoms with van der Waals surface area (Å²) < 4.78 is 14.3. The Hall–Kier alpha value is 0.460. The third-order valence-electron chi connectivity index (χ3n) is 1.06. The molecule has 11 heavy (non-hydrogen) atoms. The first kappa shape index (κ1) is 11.5. The minimum atomic E-state index is -4.23. The van der Waals surface area contributed by atoms with Gasteiger partial charge in [-0.05, 0) is 18.6 Å². The standard InChI is InChI=1S/C5H13O4PS/c6-10(7,8)9-4-2-1-3-5-11/h11H,1-5H2,(H2,6,7,8). The lowest BCUT2D eigenvalue weighted by atomic mass is 10.3. The molecule has 0 aromatic rings. The summed E-state index contributed by atoms with van der Waals surface area (Å²) in [5, 5.41) is 0. The van der Waals surface area contributed by atoms with E-state index in [9.17, 15) is 4.57 Å². The number of phosphoric acid groups is 1. The molecule has 6 heteroatoms. The van der Waals surface area contributed by atoms with Gasteiger partial charge in [-0.15, -0.1) is 0 Å². The van der Waals surface area contributed by atoms with Crippen LogP contribution in [-0.2, 0) is 9.09 Å². The van der Waals surface area contributed by atoms with E-state index in [1.165, 1.54) is 0 Å². The van der Waals surface area contributed by atoms with Gasteiger partial charge in [-0.2, -0.15) is 12.6 Å². The van der Waals surface area contributed by atoms with Crippen LogP contribution in [0.5, 0.6) is 0 Å². The van der Waals surface area contributed by atoms with Crippen molar-refractivity contribution >= 4 is 20.5 Å². The lowest BCUT2D eigenvalue weighted by Crippen LogP contribution is -1.92. The van der Waals surface area contributed by atoms with Gasteiger partial charge >= 0.3 is 7.82 Å². The van der Waals surface area contributed by atoms with E-state index < -0.39 is 7.82 Å². The van der Waals surface area contributed by atoms with Gasteiger partial charge in [0.05, 0.1) is 6.61 Å². The first-order chi connectivity index (χ1) is 5.06. The van der Waals surface area contributed by atoms with E-state index in [1.54, 1.807) is 0 Å². The number of rotatable bonds is 6. The van der Waals surface area contributed by atoms with Crippen LogP contribution in [0.2, 0.25) is 0 Å². The number of hydrogen-bond donors (Lipinski definition) is 3. The molecule has 0 heterocycles. The molecule has 0 aromatic heterocycles. The predicted octanol–water partition coefficient (Wildman–Crippen LogP) is 1.20. The van der Waals surface area contributed by atoms with E-state index in [1.807, 2.05) is 0 Å². The van der Waals surface area contributed by atoms with Crippen LogP contribution in [0.1, 0.15) is 19.3 Å². The van der Waals surface area contributed by atoms with E-state index >= 15 is 0 Å². The van der Waals surface area contributed by atoms with Gasteiger partial charge in [0.2, 0.25) is 0 Å². The lowest BCUT2D eigenvalue weighted by Gasteiger charge is -2.03. The third kappa shape index (κ3) is 10.5. The zero-order valence-corrected chi connectivity index (χ0v) is 7.93. The van der Waals surface area contributed by atoms with E-state index in [0.717, 1.165) is 18.6 Å². The van der Waals surface area contributed by atoms with Crippen LogP contribution >= 0.6 is 20.5 Å². The maximum absolute atomic E-state index is 10.1. The Bertz CT molecular complexity index is 134. The van der Waals surface area contributed by atoms with Crippen molar-refractivity contribution in [2.75, 3.05) is 12.4 Å². The van der Waals surface area contributed by atoms with Crippen LogP contribution in [-0.4, -0.2) is 22.1 Å². The molecule has 0 amide bonds. The summed E-state index contributed by atoms with van der Waals surface area (Å²) in [7, 11) is -4.23. The number of thiol groups is 1. The summed E-state index contributed by atoms with van der Waals surface area (Å²) in [4.78, 5) is 16.5. The number of phosphoric ester groups is 1. The van der Waals surface area contributed by atoms with Crippen molar-refractivity contribution in [2.45, 2.75) is 19.3 Å². The van der Waals surface area contributed by atoms with Crippen molar-refractivity contribution in [3.8, 4) is 0 Å². The summed E-state index contributed by atoms with van der Waals surface area (Å²) >= 11 is 3.99. The fourth-order valence-electron chi connectivity index (χ4n) is 0.574. The molecule has 0 radical (unpaired) electrons. The lowest BCUT2D eigenvalue weighted by molar-refractivity contribution is 0.193. The Labute approximate surface area is 71.6 Å². The monoisotopic (exact) mass is 200 g/mol. The maximum Gasteiger partial charge on any atom is 0.469 e. The average Bonchev–Trinajstić information content (AvgIpc) is 1.85. The van der Waals surface area contributed by atoms with E-state index in [4.69, 9.17) is 9.79 Å². The normalized spacial score (nSPS) is 11.9. The van der Waals surface area contributed by atoms with Crippen molar-refractivity contribution in [3.05, 3.63) is 0 Å². The van der Waals surface area contributed by atoms with Gasteiger partial charge in [-0.1, -0.05) is 6.42 Å². The summed E-state index contributed by atoms with van der Waals surface area (Å²) in [6.45, 7) is 0.123. The molecule has 68 valence electrons. The molecule has 0 saturated heterocycles. The molecule has 2 N–H and O–H groups in total. The molecule has 0 aromatic carbocycles. The smallest absolute Gasteiger partial charge is 0.303 e. The second kappa shape index (κ2) is 6.03. The molecule has 0 spiro atoms. The fourth-order valence-corrected chi connectivity index (χ4v) is 1.16. The van der Waals surface area contributed by atoms with Crippen molar-refractivity contribution in [3.63, 3.8) is 0 Å². The summed E-state index contributed by atoms with van der Waals surface area (Å²) in [6.07, 6.45) is 2.52. The number of hydrogen-bond acceptors (Lipinski definition) is 3. The molecule has 0 unspecified atom stereocenters. The van der Waals surface area contributed by atoms with Crippen LogP contribution in [0.15, 0.2) is 0 Å². The minimum Gasteiger partial charge on any atom is -0.303 e. The van der Waals surface area contributed by atoms with Gasteiger partial charge in [0.25, 0.3) is 0 Å². The maximum atomic E-state index is 10.1. The Morgan fingerprint density at radius 1 is 1.27 bits per heavy atom. The van der Waals surface area contributed by atoms with Gasteiger partial charge in [0, 0.05) is 0 Å². The Morgan fingerprint density at radius 2 is 1.91 bits per heavy atom. The van der Waals surface area contributed by atoms with Crippen LogP contribution < -0.4 is 0 Å². The first-order valence-corrected chi connectivity index (χ1v) is 5.53. The van der Waals surface area contributed by atoms with E-state index in [0.29, 0.717) is 6.42 Å². The second-order valence-electron chi connectivity index (χ2n) is 2.11. The molecule has 0 rings (SSSR count). The largest absolute Gasteiger partial charge is 0.469 e. The molecular weight excluding hydrogens is 187 g/mol. The van der Waals surface area contributed by atoms with Gasteiger partial charge < -0.3 is 9.79 Å². The molecule has 0 saturated carbocycles. The van der Waals surface area contributed by atoms with Crippen molar-refractivity contribution in [2.24, 2.45) is 0 Å². The Morgan fingerprint density at radius 3 is 2.36 bits per heavy atom. The molecule has 0 aliphatic rings. The molecule has 4 nitrogen and oxygen atoms in total. The summed E-state index contributed by atoms with van der Waals surface area (Å²) in [6, 6.07) is 0. The quantitative estimate of drug-likeness (QED) is 0.342. The molecule has 0 bridgehead atoms. The third-order valence-corrected chi connectivity index (χ3v) is 1.90. The van der Waals surface area contributed by atoms with Crippen molar-refractivity contribution < 1.29 is 18.9 Å². The molecule has 0 aliphatic carbocycles. The van der Waals surface area contributed by atoms with Crippen LogP contribution in [0.3, 0.4) is 0 Å². The minimum absolute atomic E-state index is 0.123. The topological polar surface area (TPSA) is 66.8 Å². The van der Waals surface area contributed by atoms with E-state index in [-0.39, 0.29) is 6.61 Å². The summed E-state index contributed by atoms with van der Waals surface area (Å²) in [5.41, 5.74) is 0. The van der Waals surface area contributed by atoms with Crippen LogP contribution in [0, 0.1) is 0 Å². The first-order valence-electron chi connectivity index (χ1n) is 3.37. The van der Waals surface area contributed by atoms with Gasteiger partial charge in [0.15, 0.2) is 0 Å². The van der Waals surface area contributed by atoms with Gasteiger partial charge in [-0.25, -0.2) is 4.57 Å². The molecule has 0 fully saturated rings. The molecular formula is C5H13O4PS. The van der Waals surface area contributed by atoms with Crippen molar-refractivity contribution in [1.29, 1.82) is 0 Å². The Balaban J connectivity index is 3.09. The second-order valence-corrected chi connectivity index (χ2v) is 3.79. The summed E-state index contributed by atoms with van der Waals surface area (Å²) in [5.74, 6) is 0.801. The average molecular weight is 200 g/mol.